The molecule has 170 valence electrons. The molecule has 0 unspecified atom stereocenters. The van der Waals surface area contributed by atoms with E-state index in [1.165, 1.54) is 16.9 Å². The van der Waals surface area contributed by atoms with E-state index < -0.39 is 0 Å². The summed E-state index contributed by atoms with van der Waals surface area (Å²) in [5.41, 5.74) is 3.89. The molecular weight excluding hydrogens is 450 g/mol. The molecule has 0 bridgehead atoms. The molecule has 2 aromatic heterocycles. The Morgan fingerprint density at radius 1 is 1.09 bits per heavy atom. The van der Waals surface area contributed by atoms with Crippen molar-refractivity contribution in [3.8, 4) is 5.69 Å². The lowest BCUT2D eigenvalue weighted by atomic mass is 10.1. The third-order valence-electron chi connectivity index (χ3n) is 5.04. The number of benzene rings is 2. The van der Waals surface area contributed by atoms with E-state index in [2.05, 4.69) is 70.1 Å². The first-order valence-corrected chi connectivity index (χ1v) is 12.8. The zero-order valence-corrected chi connectivity index (χ0v) is 20.6. The molecule has 0 atom stereocenters. The van der Waals surface area contributed by atoms with E-state index in [1.807, 2.05) is 35.7 Å². The number of para-hydroxylation sites is 1. The normalized spacial score (nSPS) is 11.2. The van der Waals surface area contributed by atoms with Crippen LogP contribution in [0.25, 0.3) is 5.69 Å². The zero-order valence-electron chi connectivity index (χ0n) is 19.0. The highest BCUT2D eigenvalue weighted by Gasteiger charge is 2.18. The third kappa shape index (κ3) is 5.89. The summed E-state index contributed by atoms with van der Waals surface area (Å²) < 4.78 is 2.14. The first-order chi connectivity index (χ1) is 16.0. The molecule has 0 spiro atoms. The molecule has 6 nitrogen and oxygen atoms in total. The maximum atomic E-state index is 12.3. The maximum absolute atomic E-state index is 12.3. The largest absolute Gasteiger partial charge is 0.350 e. The van der Waals surface area contributed by atoms with Gasteiger partial charge in [-0.1, -0.05) is 74.1 Å². The number of thioether (sulfide) groups is 1. The van der Waals surface area contributed by atoms with Gasteiger partial charge in [0.25, 0.3) is 5.91 Å². The second-order valence-electron chi connectivity index (χ2n) is 8.20. The Balaban J connectivity index is 1.55. The molecule has 0 saturated carbocycles. The molecule has 0 aliphatic heterocycles. The van der Waals surface area contributed by atoms with Gasteiger partial charge >= 0.3 is 0 Å². The molecule has 0 saturated heterocycles. The van der Waals surface area contributed by atoms with Gasteiger partial charge in [0.15, 0.2) is 5.16 Å². The fraction of sp³-hybridized carbons (Fsp3) is 0.280. The van der Waals surface area contributed by atoms with Crippen LogP contribution in [0.2, 0.25) is 0 Å². The van der Waals surface area contributed by atoms with Crippen molar-refractivity contribution in [2.75, 3.05) is 6.54 Å². The van der Waals surface area contributed by atoms with Crippen LogP contribution < -0.4 is 5.32 Å². The van der Waals surface area contributed by atoms with Crippen LogP contribution in [0.15, 0.2) is 65.1 Å². The molecule has 1 N–H and O–H groups in total. The molecule has 0 aliphatic carbocycles. The Kier molecular flexibility index (Phi) is 7.57. The zero-order chi connectivity index (χ0) is 23.2. The number of amides is 1. The van der Waals surface area contributed by atoms with Crippen LogP contribution in [-0.2, 0) is 12.2 Å². The highest BCUT2D eigenvalue weighted by atomic mass is 32.2. The summed E-state index contributed by atoms with van der Waals surface area (Å²) >= 11 is 3.08. The van der Waals surface area contributed by atoms with Crippen molar-refractivity contribution in [3.63, 3.8) is 0 Å². The predicted octanol–water partition coefficient (Wildman–Crippen LogP) is 5.30. The van der Waals surface area contributed by atoms with E-state index in [0.29, 0.717) is 30.3 Å². The number of aryl methyl sites for hydroxylation is 1. The number of rotatable bonds is 9. The third-order valence-corrected chi connectivity index (χ3v) is 7.01. The van der Waals surface area contributed by atoms with Crippen LogP contribution in [-0.4, -0.2) is 32.2 Å². The summed E-state index contributed by atoms with van der Waals surface area (Å²) in [6, 6.07) is 18.6. The Morgan fingerprint density at radius 2 is 1.85 bits per heavy atom. The van der Waals surface area contributed by atoms with E-state index in [9.17, 15) is 4.79 Å². The van der Waals surface area contributed by atoms with Crippen molar-refractivity contribution in [3.05, 3.63) is 87.6 Å². The van der Waals surface area contributed by atoms with Crippen molar-refractivity contribution in [1.29, 1.82) is 0 Å². The number of nitrogens with one attached hydrogen (secondary N) is 1. The molecule has 2 heterocycles. The predicted molar refractivity (Wildman–Crippen MR) is 134 cm³/mol. The molecule has 8 heteroatoms. The maximum Gasteiger partial charge on any atom is 0.270 e. The quantitative estimate of drug-likeness (QED) is 0.331. The number of hydrogen-bond donors (Lipinski definition) is 1. The first-order valence-electron chi connectivity index (χ1n) is 10.9. The van der Waals surface area contributed by atoms with Crippen LogP contribution >= 0.6 is 23.1 Å². The highest BCUT2D eigenvalue weighted by Crippen LogP contribution is 2.28. The monoisotopic (exact) mass is 477 g/mol. The van der Waals surface area contributed by atoms with Gasteiger partial charge in [-0.05, 0) is 30.0 Å². The minimum absolute atomic E-state index is 0.121. The van der Waals surface area contributed by atoms with Gasteiger partial charge in [-0.2, -0.15) is 0 Å². The summed E-state index contributed by atoms with van der Waals surface area (Å²) in [6.45, 7) is 6.88. The number of nitrogens with zero attached hydrogens (tertiary/aromatic N) is 4. The lowest BCUT2D eigenvalue weighted by molar-refractivity contribution is 0.0944. The average Bonchev–Trinajstić information content (AvgIpc) is 3.44. The smallest absolute Gasteiger partial charge is 0.270 e. The van der Waals surface area contributed by atoms with Crippen molar-refractivity contribution in [1.82, 2.24) is 25.1 Å². The van der Waals surface area contributed by atoms with E-state index >= 15 is 0 Å². The summed E-state index contributed by atoms with van der Waals surface area (Å²) in [7, 11) is 0. The van der Waals surface area contributed by atoms with Crippen LogP contribution in [0.1, 0.15) is 46.3 Å². The lowest BCUT2D eigenvalue weighted by Crippen LogP contribution is -2.27. The van der Waals surface area contributed by atoms with Crippen LogP contribution in [0, 0.1) is 12.8 Å². The second kappa shape index (κ2) is 10.8. The van der Waals surface area contributed by atoms with E-state index in [0.717, 1.165) is 27.2 Å². The molecule has 2 aromatic carbocycles. The molecule has 0 fully saturated rings. The van der Waals surface area contributed by atoms with Gasteiger partial charge in [0.1, 0.15) is 16.5 Å². The highest BCUT2D eigenvalue weighted by molar-refractivity contribution is 7.98. The Bertz CT molecular complexity index is 1220. The topological polar surface area (TPSA) is 72.7 Å². The van der Waals surface area contributed by atoms with Gasteiger partial charge in [0.05, 0.1) is 11.4 Å². The fourth-order valence-corrected chi connectivity index (χ4v) is 5.09. The van der Waals surface area contributed by atoms with Crippen molar-refractivity contribution in [2.45, 2.75) is 38.1 Å². The van der Waals surface area contributed by atoms with Crippen molar-refractivity contribution < 1.29 is 4.79 Å². The standard InChI is InChI=1S/C25H27N5OS2/c1-17(2)14-26-24(31)20-15-32-23(27-20)16-33-25-29-28-22(13-19-10-5-4-6-11-19)30(25)21-12-8-7-9-18(21)3/h4-12,15,17H,13-14,16H2,1-3H3,(H,26,31). The fourth-order valence-electron chi connectivity index (χ4n) is 3.34. The number of aromatic nitrogens is 4. The first kappa shape index (κ1) is 23.2. The van der Waals surface area contributed by atoms with Gasteiger partial charge in [-0.25, -0.2) is 4.98 Å². The molecule has 1 amide bonds. The van der Waals surface area contributed by atoms with Crippen molar-refractivity contribution in [2.24, 2.45) is 5.92 Å². The van der Waals surface area contributed by atoms with E-state index in [1.54, 1.807) is 11.8 Å². The van der Waals surface area contributed by atoms with Gasteiger partial charge in [0, 0.05) is 18.3 Å². The SMILES string of the molecule is Cc1ccccc1-n1c(Cc2ccccc2)nnc1SCc1nc(C(=O)NCC(C)C)cs1. The Labute approximate surface area is 202 Å². The summed E-state index contributed by atoms with van der Waals surface area (Å²) in [5, 5.41) is 15.5. The van der Waals surface area contributed by atoms with E-state index in [4.69, 9.17) is 0 Å². The van der Waals surface area contributed by atoms with Crippen LogP contribution in [0.3, 0.4) is 0 Å². The minimum atomic E-state index is -0.121. The van der Waals surface area contributed by atoms with Gasteiger partial charge in [0.2, 0.25) is 0 Å². The van der Waals surface area contributed by atoms with Crippen LogP contribution in [0.4, 0.5) is 0 Å². The van der Waals surface area contributed by atoms with Gasteiger partial charge in [-0.15, -0.1) is 21.5 Å². The minimum Gasteiger partial charge on any atom is -0.350 e. The molecule has 0 radical (unpaired) electrons. The second-order valence-corrected chi connectivity index (χ2v) is 10.1. The summed E-state index contributed by atoms with van der Waals surface area (Å²) in [5.74, 6) is 1.80. The molecule has 33 heavy (non-hydrogen) atoms. The Morgan fingerprint density at radius 3 is 2.61 bits per heavy atom. The molecule has 0 aliphatic rings. The van der Waals surface area contributed by atoms with Gasteiger partial charge < -0.3 is 5.32 Å². The number of thiazole rings is 1. The summed E-state index contributed by atoms with van der Waals surface area (Å²) in [6.07, 6.45) is 0.695. The van der Waals surface area contributed by atoms with Gasteiger partial charge in [-0.3, -0.25) is 9.36 Å². The van der Waals surface area contributed by atoms with Crippen LogP contribution in [0.5, 0.6) is 0 Å². The average molecular weight is 478 g/mol. The molecule has 4 rings (SSSR count). The molecule has 4 aromatic rings. The van der Waals surface area contributed by atoms with E-state index in [-0.39, 0.29) is 5.91 Å². The molecular formula is C25H27N5OS2. The number of carbonyl (C=O) groups excluding carboxylic acids is 1. The summed E-state index contributed by atoms with van der Waals surface area (Å²) in [4.78, 5) is 16.8. The number of hydrogen-bond acceptors (Lipinski definition) is 6. The van der Waals surface area contributed by atoms with Crippen molar-refractivity contribution >= 4 is 29.0 Å². The number of carbonyl (C=O) groups is 1. The Hall–Kier alpha value is -2.97. The lowest BCUT2D eigenvalue weighted by Gasteiger charge is -2.12.